The standard InChI is InChI=1S/C17H24N4/c1-3-14-12-21(9-8-20(14)2)17-16-7-5-4-6-15(16)13(10-18)11-19-17/h4-7,11,14H,3,8-10,12,18H2,1-2H3. The largest absolute Gasteiger partial charge is 0.353 e. The summed E-state index contributed by atoms with van der Waals surface area (Å²) in [6, 6.07) is 9.07. The Bertz CT molecular complexity index is 625. The van der Waals surface area contributed by atoms with Crippen molar-refractivity contribution in [3.8, 4) is 0 Å². The van der Waals surface area contributed by atoms with Crippen molar-refractivity contribution in [3.63, 3.8) is 0 Å². The number of aromatic nitrogens is 1. The summed E-state index contributed by atoms with van der Waals surface area (Å²) < 4.78 is 0. The molecule has 0 aliphatic carbocycles. The van der Waals surface area contributed by atoms with Gasteiger partial charge in [0, 0.05) is 43.8 Å². The van der Waals surface area contributed by atoms with E-state index < -0.39 is 0 Å². The smallest absolute Gasteiger partial charge is 0.136 e. The van der Waals surface area contributed by atoms with Crippen LogP contribution < -0.4 is 10.6 Å². The van der Waals surface area contributed by atoms with E-state index in [1.54, 1.807) is 0 Å². The van der Waals surface area contributed by atoms with Crippen LogP contribution in [-0.4, -0.2) is 42.6 Å². The van der Waals surface area contributed by atoms with Gasteiger partial charge in [0.1, 0.15) is 5.82 Å². The quantitative estimate of drug-likeness (QED) is 0.939. The van der Waals surface area contributed by atoms with E-state index in [-0.39, 0.29) is 0 Å². The molecule has 0 radical (unpaired) electrons. The summed E-state index contributed by atoms with van der Waals surface area (Å²) in [7, 11) is 2.22. The molecule has 2 N–H and O–H groups in total. The second-order valence-electron chi connectivity index (χ2n) is 5.85. The molecule has 1 aromatic heterocycles. The van der Waals surface area contributed by atoms with Gasteiger partial charge in [-0.05, 0) is 24.4 Å². The van der Waals surface area contributed by atoms with Gasteiger partial charge in [-0.15, -0.1) is 0 Å². The molecule has 1 aliphatic heterocycles. The van der Waals surface area contributed by atoms with Crippen LogP contribution in [0.3, 0.4) is 0 Å². The minimum atomic E-state index is 0.536. The number of anilines is 1. The predicted molar refractivity (Wildman–Crippen MR) is 88.6 cm³/mol. The molecule has 0 spiro atoms. The van der Waals surface area contributed by atoms with Crippen LogP contribution >= 0.6 is 0 Å². The van der Waals surface area contributed by atoms with Gasteiger partial charge in [0.05, 0.1) is 0 Å². The number of fused-ring (bicyclic) bond motifs is 1. The van der Waals surface area contributed by atoms with Crippen molar-refractivity contribution in [3.05, 3.63) is 36.0 Å². The molecule has 1 atom stereocenters. The Kier molecular flexibility index (Phi) is 4.08. The van der Waals surface area contributed by atoms with Crippen molar-refractivity contribution in [1.82, 2.24) is 9.88 Å². The minimum Gasteiger partial charge on any atom is -0.353 e. The normalized spacial score (nSPS) is 20.1. The Labute approximate surface area is 126 Å². The molecule has 2 aromatic rings. The first-order chi connectivity index (χ1) is 10.2. The number of hydrogen-bond donors (Lipinski definition) is 1. The van der Waals surface area contributed by atoms with Crippen LogP contribution in [0.1, 0.15) is 18.9 Å². The van der Waals surface area contributed by atoms with Crippen LogP contribution in [0.25, 0.3) is 10.8 Å². The monoisotopic (exact) mass is 284 g/mol. The Morgan fingerprint density at radius 3 is 2.71 bits per heavy atom. The number of hydrogen-bond acceptors (Lipinski definition) is 4. The van der Waals surface area contributed by atoms with E-state index in [0.717, 1.165) is 31.0 Å². The zero-order chi connectivity index (χ0) is 14.8. The van der Waals surface area contributed by atoms with E-state index in [1.165, 1.54) is 17.2 Å². The first kappa shape index (κ1) is 14.3. The number of rotatable bonds is 3. The summed E-state index contributed by atoms with van der Waals surface area (Å²) in [5.74, 6) is 1.11. The number of piperazine rings is 1. The van der Waals surface area contributed by atoms with Crippen LogP contribution in [0.5, 0.6) is 0 Å². The molecule has 1 aromatic carbocycles. The fraction of sp³-hybridized carbons (Fsp3) is 0.471. The van der Waals surface area contributed by atoms with E-state index in [0.29, 0.717) is 12.6 Å². The number of benzene rings is 1. The number of likely N-dealkylation sites (N-methyl/N-ethyl adjacent to an activating group) is 1. The van der Waals surface area contributed by atoms with Gasteiger partial charge in [0.15, 0.2) is 0 Å². The zero-order valence-electron chi connectivity index (χ0n) is 12.9. The second-order valence-corrected chi connectivity index (χ2v) is 5.85. The van der Waals surface area contributed by atoms with Crippen molar-refractivity contribution in [1.29, 1.82) is 0 Å². The topological polar surface area (TPSA) is 45.4 Å². The highest BCUT2D eigenvalue weighted by Gasteiger charge is 2.24. The summed E-state index contributed by atoms with van der Waals surface area (Å²) >= 11 is 0. The summed E-state index contributed by atoms with van der Waals surface area (Å²) in [5, 5.41) is 2.46. The Hall–Kier alpha value is -1.65. The summed E-state index contributed by atoms with van der Waals surface area (Å²) in [6.07, 6.45) is 3.11. The van der Waals surface area contributed by atoms with E-state index in [9.17, 15) is 0 Å². The zero-order valence-corrected chi connectivity index (χ0v) is 12.9. The van der Waals surface area contributed by atoms with Crippen molar-refractivity contribution in [2.75, 3.05) is 31.6 Å². The molecule has 21 heavy (non-hydrogen) atoms. The average molecular weight is 284 g/mol. The molecule has 0 saturated carbocycles. The van der Waals surface area contributed by atoms with Crippen LogP contribution in [0.4, 0.5) is 5.82 Å². The molecule has 4 heteroatoms. The number of nitrogens with two attached hydrogens (primary N) is 1. The first-order valence-electron chi connectivity index (χ1n) is 7.76. The Balaban J connectivity index is 2.01. The van der Waals surface area contributed by atoms with E-state index >= 15 is 0 Å². The average Bonchev–Trinajstić information content (AvgIpc) is 2.54. The second kappa shape index (κ2) is 6.00. The van der Waals surface area contributed by atoms with Gasteiger partial charge >= 0.3 is 0 Å². The van der Waals surface area contributed by atoms with Gasteiger partial charge in [0.2, 0.25) is 0 Å². The lowest BCUT2D eigenvalue weighted by Crippen LogP contribution is -2.51. The van der Waals surface area contributed by atoms with Crippen molar-refractivity contribution < 1.29 is 0 Å². The molecule has 1 fully saturated rings. The van der Waals surface area contributed by atoms with Gasteiger partial charge in [-0.2, -0.15) is 0 Å². The molecule has 0 amide bonds. The minimum absolute atomic E-state index is 0.536. The Morgan fingerprint density at radius 2 is 2.00 bits per heavy atom. The van der Waals surface area contributed by atoms with Gasteiger partial charge < -0.3 is 10.6 Å². The highest BCUT2D eigenvalue weighted by molar-refractivity contribution is 5.94. The van der Waals surface area contributed by atoms with Crippen molar-refractivity contribution >= 4 is 16.6 Å². The fourth-order valence-corrected chi connectivity index (χ4v) is 3.23. The molecule has 0 bridgehead atoms. The molecule has 2 heterocycles. The number of pyridine rings is 1. The SMILES string of the molecule is CCC1CN(c2ncc(CN)c3ccccc23)CCN1C. The van der Waals surface area contributed by atoms with Crippen molar-refractivity contribution in [2.45, 2.75) is 25.9 Å². The van der Waals surface area contributed by atoms with Crippen LogP contribution in [-0.2, 0) is 6.54 Å². The maximum atomic E-state index is 5.85. The van der Waals surface area contributed by atoms with Crippen molar-refractivity contribution in [2.24, 2.45) is 5.73 Å². The maximum absolute atomic E-state index is 5.85. The van der Waals surface area contributed by atoms with Gasteiger partial charge in [-0.1, -0.05) is 31.2 Å². The fourth-order valence-electron chi connectivity index (χ4n) is 3.23. The Morgan fingerprint density at radius 1 is 1.24 bits per heavy atom. The molecule has 112 valence electrons. The lowest BCUT2D eigenvalue weighted by atomic mass is 10.1. The third-order valence-corrected chi connectivity index (χ3v) is 4.62. The lowest BCUT2D eigenvalue weighted by molar-refractivity contribution is 0.213. The van der Waals surface area contributed by atoms with Crippen LogP contribution in [0.15, 0.2) is 30.5 Å². The van der Waals surface area contributed by atoms with Gasteiger partial charge in [-0.25, -0.2) is 4.98 Å². The highest BCUT2D eigenvalue weighted by Crippen LogP contribution is 2.28. The third kappa shape index (κ3) is 2.61. The maximum Gasteiger partial charge on any atom is 0.136 e. The molecule has 3 rings (SSSR count). The lowest BCUT2D eigenvalue weighted by Gasteiger charge is -2.40. The molecule has 1 saturated heterocycles. The van der Waals surface area contributed by atoms with Crippen LogP contribution in [0, 0.1) is 0 Å². The van der Waals surface area contributed by atoms with E-state index in [1.807, 2.05) is 6.20 Å². The van der Waals surface area contributed by atoms with Crippen LogP contribution in [0.2, 0.25) is 0 Å². The molecule has 1 unspecified atom stereocenters. The molecular weight excluding hydrogens is 260 g/mol. The molecule has 1 aliphatic rings. The van der Waals surface area contributed by atoms with E-state index in [2.05, 4.69) is 48.0 Å². The molecule has 4 nitrogen and oxygen atoms in total. The predicted octanol–water partition coefficient (Wildman–Crippen LogP) is 2.22. The van der Waals surface area contributed by atoms with E-state index in [4.69, 9.17) is 10.7 Å². The summed E-state index contributed by atoms with van der Waals surface area (Å²) in [5.41, 5.74) is 6.97. The van der Waals surface area contributed by atoms with Gasteiger partial charge in [-0.3, -0.25) is 4.90 Å². The molecular formula is C17H24N4. The summed E-state index contributed by atoms with van der Waals surface area (Å²) in [4.78, 5) is 9.60. The first-order valence-corrected chi connectivity index (χ1v) is 7.76. The number of nitrogens with zero attached hydrogens (tertiary/aromatic N) is 3. The third-order valence-electron chi connectivity index (χ3n) is 4.62. The highest BCUT2D eigenvalue weighted by atomic mass is 15.3. The summed E-state index contributed by atoms with van der Waals surface area (Å²) in [6.45, 7) is 5.97. The van der Waals surface area contributed by atoms with Gasteiger partial charge in [0.25, 0.3) is 0 Å².